The lowest BCUT2D eigenvalue weighted by Gasteiger charge is -2.24. The molecule has 1 aliphatic heterocycles. The largest absolute Gasteiger partial charge is 0.355 e. The van der Waals surface area contributed by atoms with Crippen molar-refractivity contribution in [2.24, 2.45) is 0 Å². The number of nitrogens with one attached hydrogen (secondary N) is 1. The van der Waals surface area contributed by atoms with E-state index < -0.39 is 0 Å². The summed E-state index contributed by atoms with van der Waals surface area (Å²) in [4.78, 5) is 13.2. The van der Waals surface area contributed by atoms with Crippen LogP contribution in [0.4, 0.5) is 0 Å². The summed E-state index contributed by atoms with van der Waals surface area (Å²) >= 11 is 0. The molecule has 72 valence electrons. The summed E-state index contributed by atoms with van der Waals surface area (Å²) in [5, 5.41) is 11.3. The van der Waals surface area contributed by atoms with E-state index in [1.165, 1.54) is 0 Å². The van der Waals surface area contributed by atoms with E-state index in [-0.39, 0.29) is 11.9 Å². The molecule has 1 heterocycles. The Hall–Kier alpha value is -1.08. The van der Waals surface area contributed by atoms with Crippen LogP contribution < -0.4 is 5.32 Å². The number of nitrogens with zero attached hydrogens (tertiary/aromatic N) is 2. The van der Waals surface area contributed by atoms with Gasteiger partial charge >= 0.3 is 0 Å². The second-order valence-corrected chi connectivity index (χ2v) is 3.39. The van der Waals surface area contributed by atoms with Gasteiger partial charge in [0.05, 0.1) is 19.0 Å². The van der Waals surface area contributed by atoms with Gasteiger partial charge in [-0.25, -0.2) is 0 Å². The highest BCUT2D eigenvalue weighted by atomic mass is 16.2. The third kappa shape index (κ3) is 3.03. The highest BCUT2D eigenvalue weighted by molar-refractivity contribution is 5.78. The number of hydrogen-bond donors (Lipinski definition) is 1. The summed E-state index contributed by atoms with van der Waals surface area (Å²) in [5.41, 5.74) is 0. The van der Waals surface area contributed by atoms with Crippen LogP contribution in [0.2, 0.25) is 0 Å². The Kier molecular flexibility index (Phi) is 3.71. The zero-order valence-electron chi connectivity index (χ0n) is 7.92. The molecule has 1 N–H and O–H groups in total. The minimum Gasteiger partial charge on any atom is -0.355 e. The van der Waals surface area contributed by atoms with Crippen molar-refractivity contribution in [3.63, 3.8) is 0 Å². The molecule has 0 saturated carbocycles. The van der Waals surface area contributed by atoms with Crippen molar-refractivity contribution in [3.8, 4) is 6.07 Å². The molecule has 1 fully saturated rings. The van der Waals surface area contributed by atoms with Gasteiger partial charge in [0.1, 0.15) is 0 Å². The first-order valence-electron chi connectivity index (χ1n) is 4.61. The normalized spacial score (nSPS) is 21.4. The molecule has 0 aliphatic carbocycles. The van der Waals surface area contributed by atoms with E-state index in [2.05, 4.69) is 16.3 Å². The quantitative estimate of drug-likeness (QED) is 0.658. The van der Waals surface area contributed by atoms with Crippen molar-refractivity contribution < 1.29 is 4.79 Å². The topological polar surface area (TPSA) is 56.1 Å². The molecule has 0 aromatic heterocycles. The second kappa shape index (κ2) is 4.83. The van der Waals surface area contributed by atoms with Crippen LogP contribution in [0.1, 0.15) is 19.8 Å². The summed E-state index contributed by atoms with van der Waals surface area (Å²) in [6, 6.07) is 2.32. The molecule has 0 spiro atoms. The summed E-state index contributed by atoms with van der Waals surface area (Å²) in [7, 11) is 0. The first kappa shape index (κ1) is 10.0. The van der Waals surface area contributed by atoms with Crippen LogP contribution in [0, 0.1) is 11.3 Å². The Balaban J connectivity index is 2.47. The molecular weight excluding hydrogens is 166 g/mol. The lowest BCUT2D eigenvalue weighted by Crippen LogP contribution is -2.38. The molecule has 1 rings (SSSR count). The fourth-order valence-electron chi connectivity index (χ4n) is 1.47. The molecule has 1 saturated heterocycles. The Morgan fingerprint density at radius 3 is 3.23 bits per heavy atom. The maximum atomic E-state index is 11.2. The summed E-state index contributed by atoms with van der Waals surface area (Å²) < 4.78 is 0. The summed E-state index contributed by atoms with van der Waals surface area (Å²) in [6.45, 7) is 4.08. The van der Waals surface area contributed by atoms with Gasteiger partial charge in [0.25, 0.3) is 0 Å². The third-order valence-electron chi connectivity index (χ3n) is 2.30. The second-order valence-electron chi connectivity index (χ2n) is 3.39. The van der Waals surface area contributed by atoms with Gasteiger partial charge in [-0.3, -0.25) is 9.69 Å². The number of hydrogen-bond acceptors (Lipinski definition) is 3. The third-order valence-corrected chi connectivity index (χ3v) is 2.30. The zero-order chi connectivity index (χ0) is 9.68. The van der Waals surface area contributed by atoms with Gasteiger partial charge in [-0.1, -0.05) is 0 Å². The zero-order valence-corrected chi connectivity index (χ0v) is 7.92. The minimum absolute atomic E-state index is 0.0716. The summed E-state index contributed by atoms with van der Waals surface area (Å²) in [5.74, 6) is 0.0716. The Morgan fingerprint density at radius 1 is 1.77 bits per heavy atom. The molecule has 0 radical (unpaired) electrons. The fraction of sp³-hybridized carbons (Fsp3) is 0.778. The highest BCUT2D eigenvalue weighted by Gasteiger charge is 2.18. The van der Waals surface area contributed by atoms with Gasteiger partial charge in [0.2, 0.25) is 5.91 Å². The number of amides is 1. The Bertz CT molecular complexity index is 221. The van der Waals surface area contributed by atoms with E-state index in [9.17, 15) is 4.79 Å². The van der Waals surface area contributed by atoms with E-state index in [0.717, 1.165) is 19.5 Å². The van der Waals surface area contributed by atoms with E-state index in [1.807, 2.05) is 6.92 Å². The molecule has 0 aromatic rings. The van der Waals surface area contributed by atoms with E-state index in [4.69, 9.17) is 5.26 Å². The average molecular weight is 181 g/mol. The fourth-order valence-corrected chi connectivity index (χ4v) is 1.47. The summed E-state index contributed by atoms with van der Waals surface area (Å²) in [6.07, 6.45) is 1.47. The van der Waals surface area contributed by atoms with Gasteiger partial charge in [-0.15, -0.1) is 0 Å². The van der Waals surface area contributed by atoms with Gasteiger partial charge < -0.3 is 5.32 Å². The first-order chi connectivity index (χ1) is 6.24. The molecular formula is C9H15N3O. The van der Waals surface area contributed by atoms with Crippen LogP contribution in [0.15, 0.2) is 0 Å². The number of carbonyl (C=O) groups is 1. The van der Waals surface area contributed by atoms with Gasteiger partial charge in [-0.05, 0) is 13.3 Å². The van der Waals surface area contributed by atoms with E-state index in [1.54, 1.807) is 0 Å². The lowest BCUT2D eigenvalue weighted by atomic mass is 10.2. The minimum atomic E-state index is 0.0716. The Labute approximate surface area is 78.5 Å². The van der Waals surface area contributed by atoms with Crippen molar-refractivity contribution >= 4 is 5.91 Å². The average Bonchev–Trinajstić information content (AvgIpc) is 2.30. The molecule has 1 unspecified atom stereocenters. The molecule has 0 aromatic carbocycles. The molecule has 1 aliphatic rings. The van der Waals surface area contributed by atoms with Crippen molar-refractivity contribution in [1.82, 2.24) is 10.2 Å². The molecule has 4 nitrogen and oxygen atoms in total. The van der Waals surface area contributed by atoms with E-state index >= 15 is 0 Å². The molecule has 1 atom stereocenters. The monoisotopic (exact) mass is 181 g/mol. The molecule has 13 heavy (non-hydrogen) atoms. The molecule has 1 amide bonds. The maximum Gasteiger partial charge on any atom is 0.234 e. The van der Waals surface area contributed by atoms with Crippen LogP contribution in [0.3, 0.4) is 0 Å². The predicted octanol–water partition coefficient (Wildman–Crippen LogP) is 0.110. The van der Waals surface area contributed by atoms with Crippen LogP contribution in [-0.2, 0) is 4.79 Å². The lowest BCUT2D eigenvalue weighted by molar-refractivity contribution is -0.121. The Morgan fingerprint density at radius 2 is 2.54 bits per heavy atom. The van der Waals surface area contributed by atoms with Gasteiger partial charge in [0.15, 0.2) is 0 Å². The molecule has 0 bridgehead atoms. The van der Waals surface area contributed by atoms with Crippen molar-refractivity contribution in [2.45, 2.75) is 25.8 Å². The van der Waals surface area contributed by atoms with Gasteiger partial charge in [0, 0.05) is 19.1 Å². The van der Waals surface area contributed by atoms with E-state index in [0.29, 0.717) is 13.0 Å². The SMILES string of the molecule is CC(CC#N)N1CCCNC(=O)C1. The van der Waals surface area contributed by atoms with Gasteiger partial charge in [-0.2, -0.15) is 5.26 Å². The highest BCUT2D eigenvalue weighted by Crippen LogP contribution is 2.05. The van der Waals surface area contributed by atoms with Crippen molar-refractivity contribution in [3.05, 3.63) is 0 Å². The predicted molar refractivity (Wildman–Crippen MR) is 48.9 cm³/mol. The standard InChI is InChI=1S/C9H15N3O/c1-8(3-4-10)12-6-2-5-11-9(13)7-12/h8H,2-3,5-7H2,1H3,(H,11,13). The molecule has 4 heteroatoms. The van der Waals surface area contributed by atoms with Crippen LogP contribution in [0.25, 0.3) is 0 Å². The first-order valence-corrected chi connectivity index (χ1v) is 4.61. The maximum absolute atomic E-state index is 11.2. The van der Waals surface area contributed by atoms with Crippen molar-refractivity contribution in [1.29, 1.82) is 5.26 Å². The smallest absolute Gasteiger partial charge is 0.234 e. The number of rotatable bonds is 2. The van der Waals surface area contributed by atoms with Crippen LogP contribution in [0.5, 0.6) is 0 Å². The van der Waals surface area contributed by atoms with Crippen LogP contribution in [-0.4, -0.2) is 36.5 Å². The number of nitriles is 1. The van der Waals surface area contributed by atoms with Crippen molar-refractivity contribution in [2.75, 3.05) is 19.6 Å². The number of carbonyl (C=O) groups excluding carboxylic acids is 1. The van der Waals surface area contributed by atoms with Crippen LogP contribution >= 0.6 is 0 Å².